The number of nitrogens with one attached hydrogen (secondary N) is 5. The Balaban J connectivity index is 0.000000161. The summed E-state index contributed by atoms with van der Waals surface area (Å²) in [5.41, 5.74) is 10.9. The lowest BCUT2D eigenvalue weighted by atomic mass is 9.94. The zero-order chi connectivity index (χ0) is 108. The van der Waals surface area contributed by atoms with Crippen LogP contribution in [0, 0.1) is 55.8 Å². The third kappa shape index (κ3) is 20.2. The highest BCUT2D eigenvalue weighted by Gasteiger charge is 2.69. The maximum Gasteiger partial charge on any atom is 0.279 e. The van der Waals surface area contributed by atoms with Crippen LogP contribution in [0.1, 0.15) is 43.1 Å². The number of terminal acetylenes is 1. The van der Waals surface area contributed by atoms with Gasteiger partial charge in [0, 0.05) is 56.6 Å². The fourth-order valence-corrected chi connectivity index (χ4v) is 16.9. The van der Waals surface area contributed by atoms with Crippen LogP contribution in [-0.2, 0) is 42.7 Å². The number of nitriles is 2. The number of halogens is 7. The van der Waals surface area contributed by atoms with Crippen molar-refractivity contribution in [2.75, 3.05) is 79.2 Å². The molecule has 28 atom stereocenters. The number of hydrogen-bond acceptors (Lipinski definition) is 47. The molecule has 0 saturated carbocycles. The molecular formula is C83H106ClF6N27O28. The Hall–Kier alpha value is -12.6. The summed E-state index contributed by atoms with van der Waals surface area (Å²) in [5.74, 6) is 2.60. The lowest BCUT2D eigenvalue weighted by molar-refractivity contribution is -0.176. The summed E-state index contributed by atoms with van der Waals surface area (Å²) in [7, 11) is 0. The monoisotopic (exact) mass is 2080 g/mol. The molecule has 17 heterocycles. The molecule has 62 heteroatoms. The van der Waals surface area contributed by atoms with Gasteiger partial charge >= 0.3 is 0 Å². The quantitative estimate of drug-likeness (QED) is 0.0203. The second kappa shape index (κ2) is 44.0. The van der Waals surface area contributed by atoms with Crippen LogP contribution >= 0.6 is 11.6 Å². The Morgan fingerprint density at radius 1 is 0.483 bits per heavy atom. The molecule has 6 aromatic rings. The van der Waals surface area contributed by atoms with Crippen molar-refractivity contribution in [2.45, 2.75) is 194 Å². The first-order chi connectivity index (χ1) is 68.3. The van der Waals surface area contributed by atoms with Gasteiger partial charge in [-0.05, 0) is 39.8 Å². The molecule has 7 fully saturated rings. The summed E-state index contributed by atoms with van der Waals surface area (Å²) < 4.78 is 126. The largest absolute Gasteiger partial charge is 0.394 e. The number of nitrogens with two attached hydrogens (primary N) is 5. The molecule has 11 aliphatic rings. The second-order valence-electron chi connectivity index (χ2n) is 34.2. The Labute approximate surface area is 818 Å². The zero-order valence-corrected chi connectivity index (χ0v) is 77.7. The molecule has 145 heavy (non-hydrogen) atoms. The van der Waals surface area contributed by atoms with E-state index in [0.29, 0.717) is 23.1 Å². The molecule has 0 aromatic carbocycles. The number of aliphatic hydroxyl groups is 16. The molecule has 0 bridgehead atoms. The van der Waals surface area contributed by atoms with Gasteiger partial charge in [-0.15, -0.1) is 18.0 Å². The van der Waals surface area contributed by atoms with Gasteiger partial charge < -0.3 is 179 Å². The number of aromatic nitrogens is 12. The average molecular weight is 2080 g/mol. The van der Waals surface area contributed by atoms with Gasteiger partial charge in [0.1, 0.15) is 167 Å². The lowest BCUT2D eigenvalue weighted by Crippen LogP contribution is -2.56. The Morgan fingerprint density at radius 3 is 1.20 bits per heavy atom. The Kier molecular flexibility index (Phi) is 34.2. The molecule has 0 radical (unpaired) electrons. The highest BCUT2D eigenvalue weighted by molar-refractivity contribution is 6.24. The molecule has 2 amide bonds. The van der Waals surface area contributed by atoms with Gasteiger partial charge in [-0.2, -0.15) is 10.5 Å². The van der Waals surface area contributed by atoms with Crippen LogP contribution in [0.25, 0.3) is 33.5 Å². The summed E-state index contributed by atoms with van der Waals surface area (Å²) in [6.07, 6.45) is -9.00. The molecule has 790 valence electrons. The minimum absolute atomic E-state index is 0.00416. The topological polar surface area (TPSA) is 853 Å². The first-order valence-electron chi connectivity index (χ1n) is 43.0. The number of H-pyrrole nitrogens is 3. The average Bonchev–Trinajstić information content (AvgIpc) is 1.57. The van der Waals surface area contributed by atoms with Gasteiger partial charge in [-0.3, -0.25) is 47.5 Å². The van der Waals surface area contributed by atoms with E-state index in [1.54, 1.807) is 39.8 Å². The van der Waals surface area contributed by atoms with Crippen LogP contribution in [0.4, 0.5) is 26.3 Å². The summed E-state index contributed by atoms with van der Waals surface area (Å²) >= 11 is 6.38. The van der Waals surface area contributed by atoms with Crippen molar-refractivity contribution in [2.24, 2.45) is 38.7 Å². The number of amides is 2. The van der Waals surface area contributed by atoms with Gasteiger partial charge in [0.2, 0.25) is 5.67 Å². The number of imidazole rings is 3. The third-order valence-electron chi connectivity index (χ3n) is 25.0. The SMILES string of the molecule is C#C[C@@]1(F)[C@H](O)[C@@H](CO)O[C@H]1n1cnc2c(=O)[nH]c(C)nc21.C=C1N=C(N)C=CN1[C@@H]1O[C@](CN)(CO)[C@@H](O)[C@H]1F.C=C1N=C(N)C=CN1[C@]1(C#N)O[C@@](CO)(CF)[C@@H](O)[C@H]1O.C=C1NC(=O)C=CN1[C@@H]1O[C@](CN)(CO)[C@@H](O)[C@H]1F.C=C1NC(=O)C=CN1[C@]1(C#N)O[C@@](CO)(CF)[C@@H](O)[C@H]1O.Cc1nc2c(ncn2[C@@H]2O[C@H](CO)[C@@H](O)[C@@]2(C)Cl)c(=O)[nH]1.Cc1nc2c(ncn2[C@@H]2O[C@](CN)(CO)[C@@H](O)[C@H]2F)c(=O)[nH]1. The molecule has 55 nitrogen and oxygen atoms in total. The molecule has 0 spiro atoms. The van der Waals surface area contributed by atoms with Crippen molar-refractivity contribution in [1.82, 2.24) is 88.8 Å². The van der Waals surface area contributed by atoms with E-state index in [1.165, 1.54) is 68.4 Å². The van der Waals surface area contributed by atoms with E-state index in [9.17, 15) is 137 Å². The minimum atomic E-state index is -2.58. The smallest absolute Gasteiger partial charge is 0.279 e. The number of aromatic amines is 3. The van der Waals surface area contributed by atoms with Crippen LogP contribution in [0.5, 0.6) is 0 Å². The number of fused-ring (bicyclic) bond motifs is 3. The van der Waals surface area contributed by atoms with E-state index < -0.39 is 237 Å². The highest BCUT2D eigenvalue weighted by Crippen LogP contribution is 2.49. The van der Waals surface area contributed by atoms with E-state index >= 15 is 0 Å². The summed E-state index contributed by atoms with van der Waals surface area (Å²) in [6.45, 7) is 12.7. The number of hydrogen-bond donors (Lipinski definition) is 26. The summed E-state index contributed by atoms with van der Waals surface area (Å²) in [4.78, 5) is 101. The van der Waals surface area contributed by atoms with Crippen LogP contribution in [0.2, 0.25) is 0 Å². The van der Waals surface area contributed by atoms with E-state index in [-0.39, 0.29) is 101 Å². The molecule has 31 N–H and O–H groups in total. The number of aliphatic hydroxyl groups excluding tert-OH is 16. The predicted octanol–water partition coefficient (Wildman–Crippen LogP) is -10.0. The van der Waals surface area contributed by atoms with Crippen molar-refractivity contribution in [1.29, 1.82) is 10.5 Å². The van der Waals surface area contributed by atoms with Gasteiger partial charge in [-0.25, -0.2) is 66.2 Å². The number of rotatable bonds is 19. The number of carbonyl (C=O) groups is 2. The van der Waals surface area contributed by atoms with E-state index in [2.05, 4.69) is 91.8 Å². The first kappa shape index (κ1) is 113. The minimum Gasteiger partial charge on any atom is -0.394 e. The third-order valence-corrected chi connectivity index (χ3v) is 25.4. The molecule has 6 aromatic heterocycles. The van der Waals surface area contributed by atoms with Gasteiger partial charge in [0.25, 0.3) is 39.9 Å². The number of ether oxygens (including phenoxy) is 7. The lowest BCUT2D eigenvalue weighted by Gasteiger charge is -2.39. The highest BCUT2D eigenvalue weighted by atomic mass is 35.5. The Bertz CT molecular complexity index is 6340. The molecule has 7 saturated heterocycles. The van der Waals surface area contributed by atoms with Gasteiger partial charge in [0.05, 0.1) is 65.2 Å². The Morgan fingerprint density at radius 2 is 0.834 bits per heavy atom. The maximum absolute atomic E-state index is 14.9. The maximum atomic E-state index is 14.9. The predicted molar refractivity (Wildman–Crippen MR) is 483 cm³/mol. The zero-order valence-electron chi connectivity index (χ0n) is 76.9. The number of aryl methyl sites for hydroxylation is 3. The fraction of sp³-hybridized carbons (Fsp3) is 0.530. The van der Waals surface area contributed by atoms with E-state index in [1.807, 2.05) is 5.92 Å². The van der Waals surface area contributed by atoms with Gasteiger partial charge in [0.15, 0.2) is 94.3 Å². The summed E-state index contributed by atoms with van der Waals surface area (Å²) in [5, 5.41) is 178. The van der Waals surface area contributed by atoms with Crippen LogP contribution < -0.4 is 56.0 Å². The standard InChI is InChI=1S/C13H13FN4O4.C12H15ClN4O4.C12H16FN5O4.C12H15FN4O4.C12H14FN3O5.C11H17FN4O3.C11H16FN3O4/c1-3-13(14)9(20)7(4-19)22-12(13)18-5-15-8-10(18)16-6(2)17-11(8)21;1-5-15-9-7(10(20)16-5)14-4-17(9)11-12(2,13)8(19)6(3-18)21-11;1-5-16-9-7(10(21)17-5)15-4-18(9)11-6(13)8(20)12(2-14,3-19)22-11;1-7-16-8(15)2-3-17(7)12(5-14)10(20)9(19)11(4-13,6-18)21-12;1-7-15-8(18)2-3-16(7)12(5-14)10(20)9(19)11(4-13,6-17)21-12;1-6-15-7(14)2-3-16(6)10-8(12)9(18)11(4-13,5-17)19-10;1-6-14-7(17)2-3-15(6)10-8(12)9(18)11(4-13,5-16)19-10/h1,5,7,9,12,19-20H,4H2,2H3,(H,16,17,21);4,6,8,11,18-19H,3H2,1-2H3,(H,15,16,20);4,6,8,11,19-20H,2-3,14H2,1H3,(H,16,17,21);2-3,9-10,18-20H,1,4,6H2,(H2,15,16);2-3,9-10,17,19-20H,1,4,6H2,(H,15,18);2-3,8-10,17-18H,1,4-5,13H2,(H2,14,15);2-3,8-10,16,18H,1,4-5,13H2,(H,14,17)/t7-,9-,12-,13-;6-,8-,11-,12-;6-,8+,11-,12-;2*9-,10+,11+,12+;2*8-,9+,10-,11-/m1110011/s1. The van der Waals surface area contributed by atoms with Crippen molar-refractivity contribution in [3.05, 3.63) is 166 Å². The molecule has 17 rings (SSSR count). The van der Waals surface area contributed by atoms with Crippen LogP contribution in [-0.4, -0.2) is 411 Å². The fourth-order valence-electron chi connectivity index (χ4n) is 16.6. The second-order valence-corrected chi connectivity index (χ2v) is 35.0. The van der Waals surface area contributed by atoms with E-state index in [0.717, 1.165) is 33.0 Å². The van der Waals surface area contributed by atoms with Crippen LogP contribution in [0.15, 0.2) is 142 Å². The number of alkyl halides is 7. The van der Waals surface area contributed by atoms with Crippen molar-refractivity contribution < 1.29 is 151 Å². The van der Waals surface area contributed by atoms with E-state index in [4.69, 9.17) is 85.0 Å². The number of aliphatic imine (C=N–C) groups is 2. The first-order valence-corrected chi connectivity index (χ1v) is 43.4. The normalized spacial score (nSPS) is 35.9. The molecule has 11 aliphatic heterocycles. The van der Waals surface area contributed by atoms with Crippen molar-refractivity contribution in [3.8, 4) is 24.5 Å². The number of nitrogens with zero attached hydrogens (tertiary/aromatic N) is 17. The van der Waals surface area contributed by atoms with Crippen LogP contribution in [0.3, 0.4) is 0 Å². The molecule has 0 aliphatic carbocycles. The van der Waals surface area contributed by atoms with Crippen molar-refractivity contribution in [3.63, 3.8) is 0 Å². The number of carbonyl (C=O) groups excluding carboxylic acids is 2. The summed E-state index contributed by atoms with van der Waals surface area (Å²) in [6, 6.07) is 3.34. The van der Waals surface area contributed by atoms with Crippen molar-refractivity contribution >= 4 is 68.6 Å². The molecular weight excluding hydrogens is 1970 g/mol. The molecule has 0 unspecified atom stereocenters. The number of amidine groups is 2. The van der Waals surface area contributed by atoms with Gasteiger partial charge in [-0.1, -0.05) is 32.2 Å².